The summed E-state index contributed by atoms with van der Waals surface area (Å²) in [5.41, 5.74) is -1.24. The molecular formula is C10H20N3O4P. The van der Waals surface area contributed by atoms with Crippen molar-refractivity contribution >= 4 is 7.60 Å². The molecule has 0 aliphatic heterocycles. The van der Waals surface area contributed by atoms with E-state index >= 15 is 0 Å². The Labute approximate surface area is 107 Å². The summed E-state index contributed by atoms with van der Waals surface area (Å²) in [5, 5.41) is 14.2. The summed E-state index contributed by atoms with van der Waals surface area (Å²) in [4.78, 5) is 3.78. The van der Waals surface area contributed by atoms with Gasteiger partial charge in [-0.1, -0.05) is 0 Å². The Bertz CT molecular complexity index is 384. The lowest BCUT2D eigenvalue weighted by molar-refractivity contribution is 0.0522. The van der Waals surface area contributed by atoms with Crippen molar-refractivity contribution in [1.82, 2.24) is 14.8 Å². The standard InChI is InChI=1S/C10H20N3O4P/c1-4-16-18(15,17-5-2)7-10(3,14)6-13-9-11-8-12-13/h8-9,14H,4-7H2,1-3H3. The third kappa shape index (κ3) is 4.86. The maximum Gasteiger partial charge on any atom is 0.333 e. The molecule has 0 spiro atoms. The van der Waals surface area contributed by atoms with Crippen LogP contribution in [0.3, 0.4) is 0 Å². The highest BCUT2D eigenvalue weighted by atomic mass is 31.2. The van der Waals surface area contributed by atoms with Gasteiger partial charge in [0.05, 0.1) is 31.5 Å². The van der Waals surface area contributed by atoms with E-state index in [4.69, 9.17) is 9.05 Å². The first-order valence-corrected chi connectivity index (χ1v) is 7.56. The van der Waals surface area contributed by atoms with Crippen LogP contribution >= 0.6 is 7.60 Å². The fourth-order valence-corrected chi connectivity index (χ4v) is 3.63. The molecule has 18 heavy (non-hydrogen) atoms. The maximum atomic E-state index is 12.3. The lowest BCUT2D eigenvalue weighted by Gasteiger charge is -2.27. The molecule has 1 heterocycles. The van der Waals surface area contributed by atoms with Gasteiger partial charge in [-0.2, -0.15) is 5.10 Å². The molecule has 0 aromatic carbocycles. The third-order valence-corrected chi connectivity index (χ3v) is 4.53. The van der Waals surface area contributed by atoms with Crippen LogP contribution in [0.2, 0.25) is 0 Å². The van der Waals surface area contributed by atoms with Gasteiger partial charge in [-0.25, -0.2) is 4.98 Å². The molecule has 7 nitrogen and oxygen atoms in total. The molecule has 1 rings (SSSR count). The van der Waals surface area contributed by atoms with Crippen LogP contribution in [0.25, 0.3) is 0 Å². The van der Waals surface area contributed by atoms with Gasteiger partial charge >= 0.3 is 7.60 Å². The van der Waals surface area contributed by atoms with Gasteiger partial charge in [0, 0.05) is 0 Å². The molecule has 0 fully saturated rings. The summed E-state index contributed by atoms with van der Waals surface area (Å²) >= 11 is 0. The van der Waals surface area contributed by atoms with E-state index in [2.05, 4.69) is 10.1 Å². The van der Waals surface area contributed by atoms with Crippen LogP contribution in [0.5, 0.6) is 0 Å². The van der Waals surface area contributed by atoms with Crippen molar-refractivity contribution in [2.24, 2.45) is 0 Å². The van der Waals surface area contributed by atoms with Crippen LogP contribution in [-0.2, 0) is 20.2 Å². The highest BCUT2D eigenvalue weighted by Gasteiger charge is 2.35. The fraction of sp³-hybridized carbons (Fsp3) is 0.800. The minimum Gasteiger partial charge on any atom is -0.388 e. The van der Waals surface area contributed by atoms with Gasteiger partial charge in [0.15, 0.2) is 0 Å². The van der Waals surface area contributed by atoms with Crippen molar-refractivity contribution in [3.8, 4) is 0 Å². The summed E-state index contributed by atoms with van der Waals surface area (Å²) in [6.45, 7) is 5.76. The summed E-state index contributed by atoms with van der Waals surface area (Å²) in [5.74, 6) is 0. The molecule has 1 atom stereocenters. The Morgan fingerprint density at radius 3 is 2.44 bits per heavy atom. The minimum atomic E-state index is -3.27. The van der Waals surface area contributed by atoms with Crippen LogP contribution in [0.1, 0.15) is 20.8 Å². The van der Waals surface area contributed by atoms with Crippen molar-refractivity contribution in [2.45, 2.75) is 32.9 Å². The van der Waals surface area contributed by atoms with Gasteiger partial charge < -0.3 is 14.2 Å². The number of aliphatic hydroxyl groups is 1. The highest BCUT2D eigenvalue weighted by Crippen LogP contribution is 2.50. The predicted molar refractivity (Wildman–Crippen MR) is 66.4 cm³/mol. The van der Waals surface area contributed by atoms with Gasteiger partial charge in [-0.05, 0) is 20.8 Å². The zero-order valence-electron chi connectivity index (χ0n) is 10.9. The van der Waals surface area contributed by atoms with E-state index in [1.54, 1.807) is 20.8 Å². The topological polar surface area (TPSA) is 86.5 Å². The van der Waals surface area contributed by atoms with Crippen molar-refractivity contribution in [1.29, 1.82) is 0 Å². The molecule has 0 bridgehead atoms. The van der Waals surface area contributed by atoms with Crippen molar-refractivity contribution in [3.63, 3.8) is 0 Å². The Balaban J connectivity index is 2.69. The molecule has 1 aromatic heterocycles. The molecule has 8 heteroatoms. The first-order chi connectivity index (χ1) is 8.41. The molecule has 0 aliphatic rings. The second-order valence-corrected chi connectivity index (χ2v) is 6.25. The summed E-state index contributed by atoms with van der Waals surface area (Å²) in [6, 6.07) is 0. The lowest BCUT2D eigenvalue weighted by atomic mass is 10.1. The van der Waals surface area contributed by atoms with Gasteiger partial charge in [0.1, 0.15) is 12.7 Å². The quantitative estimate of drug-likeness (QED) is 0.721. The Kier molecular flexibility index (Phi) is 5.47. The number of hydrogen-bond acceptors (Lipinski definition) is 6. The first kappa shape index (κ1) is 15.3. The lowest BCUT2D eigenvalue weighted by Crippen LogP contribution is -2.35. The maximum absolute atomic E-state index is 12.3. The van der Waals surface area contributed by atoms with Gasteiger partial charge in [-0.3, -0.25) is 9.25 Å². The zero-order chi connectivity index (χ0) is 13.6. The second-order valence-electron chi connectivity index (χ2n) is 4.19. The Morgan fingerprint density at radius 1 is 1.39 bits per heavy atom. The van der Waals surface area contributed by atoms with Crippen molar-refractivity contribution in [2.75, 3.05) is 19.4 Å². The first-order valence-electron chi connectivity index (χ1n) is 5.84. The molecule has 104 valence electrons. The van der Waals surface area contributed by atoms with E-state index in [-0.39, 0.29) is 25.9 Å². The minimum absolute atomic E-state index is 0.0818. The second kappa shape index (κ2) is 6.43. The zero-order valence-corrected chi connectivity index (χ0v) is 11.8. The average molecular weight is 277 g/mol. The normalized spacial score (nSPS) is 15.6. The molecule has 0 amide bonds. The van der Waals surface area contributed by atoms with Gasteiger partial charge in [-0.15, -0.1) is 0 Å². The largest absolute Gasteiger partial charge is 0.388 e. The van der Waals surface area contributed by atoms with Crippen LogP contribution in [0.15, 0.2) is 12.7 Å². The fourth-order valence-electron chi connectivity index (χ4n) is 1.65. The Hall–Kier alpha value is -0.750. The summed E-state index contributed by atoms with van der Waals surface area (Å²) in [6.07, 6.45) is 2.78. The highest BCUT2D eigenvalue weighted by molar-refractivity contribution is 7.53. The van der Waals surface area contributed by atoms with Crippen LogP contribution in [0.4, 0.5) is 0 Å². The molecule has 0 saturated heterocycles. The number of nitrogens with zero attached hydrogens (tertiary/aromatic N) is 3. The molecule has 0 saturated carbocycles. The van der Waals surface area contributed by atoms with Crippen LogP contribution in [-0.4, -0.2) is 44.8 Å². The van der Waals surface area contributed by atoms with E-state index in [1.807, 2.05) is 0 Å². The summed E-state index contributed by atoms with van der Waals surface area (Å²) < 4.78 is 24.1. The van der Waals surface area contributed by atoms with Crippen LogP contribution < -0.4 is 0 Å². The van der Waals surface area contributed by atoms with E-state index < -0.39 is 13.2 Å². The van der Waals surface area contributed by atoms with E-state index in [9.17, 15) is 9.67 Å². The van der Waals surface area contributed by atoms with Crippen LogP contribution in [0, 0.1) is 0 Å². The molecule has 1 unspecified atom stereocenters. The van der Waals surface area contributed by atoms with Gasteiger partial charge in [0.2, 0.25) is 0 Å². The molecular weight excluding hydrogens is 257 g/mol. The predicted octanol–water partition coefficient (Wildman–Crippen LogP) is 1.30. The van der Waals surface area contributed by atoms with E-state index in [1.165, 1.54) is 17.3 Å². The van der Waals surface area contributed by atoms with E-state index in [0.29, 0.717) is 0 Å². The third-order valence-electron chi connectivity index (χ3n) is 2.16. The SMILES string of the molecule is CCOP(=O)(CC(C)(O)Cn1cncn1)OCC. The molecule has 1 N–H and O–H groups in total. The molecule has 1 aromatic rings. The van der Waals surface area contributed by atoms with E-state index in [0.717, 1.165) is 0 Å². The number of aromatic nitrogens is 3. The summed E-state index contributed by atoms with van der Waals surface area (Å²) in [7, 11) is -3.27. The monoisotopic (exact) mass is 277 g/mol. The average Bonchev–Trinajstić information content (AvgIpc) is 2.68. The van der Waals surface area contributed by atoms with Crippen molar-refractivity contribution < 1.29 is 18.7 Å². The molecule has 0 aliphatic carbocycles. The smallest absolute Gasteiger partial charge is 0.333 e. The van der Waals surface area contributed by atoms with Gasteiger partial charge in [0.25, 0.3) is 0 Å². The number of hydrogen-bond donors (Lipinski definition) is 1. The number of rotatable bonds is 8. The Morgan fingerprint density at radius 2 is 2.00 bits per heavy atom. The molecule has 0 radical (unpaired) electrons. The van der Waals surface area contributed by atoms with Crippen molar-refractivity contribution in [3.05, 3.63) is 12.7 Å².